The van der Waals surface area contributed by atoms with Gasteiger partial charge in [0, 0.05) is 25.3 Å². The predicted octanol–water partition coefficient (Wildman–Crippen LogP) is 7.20. The van der Waals surface area contributed by atoms with Gasteiger partial charge in [-0.25, -0.2) is 0 Å². The van der Waals surface area contributed by atoms with Crippen molar-refractivity contribution in [2.24, 2.45) is 5.41 Å². The molecular weight excluding hydrogens is 438 g/mol. The predicted molar refractivity (Wildman–Crippen MR) is 144 cm³/mol. The lowest BCUT2D eigenvalue weighted by Gasteiger charge is -2.40. The molecule has 2 rings (SSSR count). The van der Waals surface area contributed by atoms with Gasteiger partial charge in [-0.1, -0.05) is 38.8 Å². The number of ether oxygens (including phenoxy) is 3. The van der Waals surface area contributed by atoms with Crippen molar-refractivity contribution in [1.29, 1.82) is 0 Å². The highest BCUT2D eigenvalue weighted by molar-refractivity contribution is 5.79. The maximum atomic E-state index is 12.8. The number of Topliss-reactive ketones (excluding diaryl/α,β-unsaturated/α-hetero) is 1. The Bertz CT molecular complexity index is 740. The van der Waals surface area contributed by atoms with Crippen molar-refractivity contribution in [1.82, 2.24) is 4.90 Å². The summed E-state index contributed by atoms with van der Waals surface area (Å²) < 4.78 is 17.4. The summed E-state index contributed by atoms with van der Waals surface area (Å²) in [6, 6.07) is 7.92. The molecule has 1 aromatic carbocycles. The summed E-state index contributed by atoms with van der Waals surface area (Å²) in [7, 11) is 2.16. The van der Waals surface area contributed by atoms with E-state index in [1.165, 1.54) is 19.3 Å². The number of piperidine rings is 1. The van der Waals surface area contributed by atoms with Crippen LogP contribution in [0, 0.1) is 5.41 Å². The Labute approximate surface area is 214 Å². The molecule has 0 unspecified atom stereocenters. The van der Waals surface area contributed by atoms with Crippen LogP contribution in [0.1, 0.15) is 90.9 Å². The molecule has 198 valence electrons. The zero-order valence-corrected chi connectivity index (χ0v) is 22.6. The summed E-state index contributed by atoms with van der Waals surface area (Å²) in [6.45, 7) is 12.4. The summed E-state index contributed by atoms with van der Waals surface area (Å²) >= 11 is 0. The fourth-order valence-electron chi connectivity index (χ4n) is 4.85. The van der Waals surface area contributed by atoms with E-state index in [4.69, 9.17) is 14.2 Å². The Balaban J connectivity index is 1.65. The highest BCUT2D eigenvalue weighted by Gasteiger charge is 2.36. The van der Waals surface area contributed by atoms with Gasteiger partial charge in [-0.2, -0.15) is 0 Å². The molecule has 1 aliphatic heterocycles. The smallest absolute Gasteiger partial charge is 0.133 e. The number of hydrogen-bond acceptors (Lipinski definition) is 5. The van der Waals surface area contributed by atoms with Crippen molar-refractivity contribution in [2.75, 3.05) is 40.0 Å². The van der Waals surface area contributed by atoms with Gasteiger partial charge in [0.2, 0.25) is 0 Å². The third-order valence-electron chi connectivity index (χ3n) is 6.98. The Morgan fingerprint density at radius 1 is 0.943 bits per heavy atom. The molecule has 0 saturated carbocycles. The van der Waals surface area contributed by atoms with Crippen LogP contribution in [0.15, 0.2) is 36.6 Å². The van der Waals surface area contributed by atoms with E-state index >= 15 is 0 Å². The SMILES string of the molecule is C=C(CC1(CC(=O)CCCCCOc2cccc(OCCCCCC)c2)CCN(C)CC1)OCC. The first-order chi connectivity index (χ1) is 17.0. The molecule has 0 N–H and O–H groups in total. The Hall–Kier alpha value is -2.01. The van der Waals surface area contributed by atoms with Crippen molar-refractivity contribution >= 4 is 5.78 Å². The minimum absolute atomic E-state index is 0.0159. The fraction of sp³-hybridized carbons (Fsp3) is 0.700. The maximum absolute atomic E-state index is 12.8. The highest BCUT2D eigenvalue weighted by Crippen LogP contribution is 2.41. The molecular formula is C30H49NO4. The molecule has 1 aromatic rings. The summed E-state index contributed by atoms with van der Waals surface area (Å²) in [5, 5.41) is 0. The van der Waals surface area contributed by atoms with E-state index in [-0.39, 0.29) is 5.41 Å². The number of nitrogens with zero attached hydrogens (tertiary/aromatic N) is 1. The van der Waals surface area contributed by atoms with Crippen LogP contribution < -0.4 is 9.47 Å². The molecule has 0 spiro atoms. The average molecular weight is 488 g/mol. The first kappa shape index (κ1) is 29.2. The largest absolute Gasteiger partial charge is 0.499 e. The molecule has 0 amide bonds. The molecule has 5 nitrogen and oxygen atoms in total. The molecule has 0 radical (unpaired) electrons. The van der Waals surface area contributed by atoms with Gasteiger partial charge < -0.3 is 19.1 Å². The quantitative estimate of drug-likeness (QED) is 0.153. The van der Waals surface area contributed by atoms with Crippen LogP contribution in [0.2, 0.25) is 0 Å². The molecule has 0 bridgehead atoms. The van der Waals surface area contributed by atoms with Crippen LogP contribution in [-0.4, -0.2) is 50.6 Å². The van der Waals surface area contributed by atoms with E-state index in [1.807, 2.05) is 31.2 Å². The molecule has 1 fully saturated rings. The third kappa shape index (κ3) is 12.0. The van der Waals surface area contributed by atoms with Crippen LogP contribution in [0.3, 0.4) is 0 Å². The van der Waals surface area contributed by atoms with Crippen molar-refractivity contribution in [3.63, 3.8) is 0 Å². The molecule has 0 aliphatic carbocycles. The number of hydrogen-bond donors (Lipinski definition) is 0. The van der Waals surface area contributed by atoms with Crippen LogP contribution in [0.4, 0.5) is 0 Å². The van der Waals surface area contributed by atoms with Crippen molar-refractivity contribution in [3.05, 3.63) is 36.6 Å². The summed E-state index contributed by atoms with van der Waals surface area (Å²) in [5.74, 6) is 2.93. The van der Waals surface area contributed by atoms with E-state index < -0.39 is 0 Å². The molecule has 1 aliphatic rings. The van der Waals surface area contributed by atoms with E-state index in [9.17, 15) is 4.79 Å². The lowest BCUT2D eigenvalue weighted by atomic mass is 9.71. The van der Waals surface area contributed by atoms with Crippen LogP contribution >= 0.6 is 0 Å². The molecule has 5 heteroatoms. The van der Waals surface area contributed by atoms with Crippen LogP contribution in [0.5, 0.6) is 11.5 Å². The third-order valence-corrected chi connectivity index (χ3v) is 6.98. The van der Waals surface area contributed by atoms with Gasteiger partial charge >= 0.3 is 0 Å². The second-order valence-corrected chi connectivity index (χ2v) is 10.2. The van der Waals surface area contributed by atoms with Gasteiger partial charge in [0.1, 0.15) is 17.3 Å². The van der Waals surface area contributed by atoms with Gasteiger partial charge in [0.25, 0.3) is 0 Å². The van der Waals surface area contributed by atoms with Crippen molar-refractivity contribution in [3.8, 4) is 11.5 Å². The molecule has 0 atom stereocenters. The second kappa shape index (κ2) is 16.6. The molecule has 0 aromatic heterocycles. The second-order valence-electron chi connectivity index (χ2n) is 10.2. The standard InChI is InChI=1S/C30H49NO4/c1-5-7-8-11-21-34-28-15-13-16-29(23-28)35-22-12-9-10-14-27(32)25-30(24-26(3)33-6-2)17-19-31(4)20-18-30/h13,15-16,23H,3,5-12,14,17-22,24-25H2,1-2,4H3. The summed E-state index contributed by atoms with van der Waals surface area (Å²) in [6.07, 6.45) is 11.9. The molecule has 1 heterocycles. The number of rotatable bonds is 19. The maximum Gasteiger partial charge on any atom is 0.133 e. The molecule has 1 saturated heterocycles. The normalized spacial score (nSPS) is 15.5. The Morgan fingerprint density at radius 2 is 1.57 bits per heavy atom. The number of carbonyl (C=O) groups excluding carboxylic acids is 1. The van der Waals surface area contributed by atoms with E-state index in [1.54, 1.807) is 0 Å². The monoisotopic (exact) mass is 487 g/mol. The zero-order valence-electron chi connectivity index (χ0n) is 22.6. The summed E-state index contributed by atoms with van der Waals surface area (Å²) in [4.78, 5) is 15.2. The van der Waals surface area contributed by atoms with Gasteiger partial charge in [0.15, 0.2) is 0 Å². The van der Waals surface area contributed by atoms with Crippen LogP contribution in [-0.2, 0) is 9.53 Å². The minimum atomic E-state index is 0.0159. The number of ketones is 1. The Morgan fingerprint density at radius 3 is 2.17 bits per heavy atom. The van der Waals surface area contributed by atoms with E-state index in [2.05, 4.69) is 25.5 Å². The van der Waals surface area contributed by atoms with Gasteiger partial charge in [-0.3, -0.25) is 4.79 Å². The zero-order chi connectivity index (χ0) is 25.4. The first-order valence-corrected chi connectivity index (χ1v) is 13.8. The highest BCUT2D eigenvalue weighted by atomic mass is 16.5. The van der Waals surface area contributed by atoms with Crippen molar-refractivity contribution < 1.29 is 19.0 Å². The summed E-state index contributed by atoms with van der Waals surface area (Å²) in [5.41, 5.74) is 0.0159. The van der Waals surface area contributed by atoms with Gasteiger partial charge in [-0.15, -0.1) is 0 Å². The number of carbonyl (C=O) groups is 1. The van der Waals surface area contributed by atoms with E-state index in [0.717, 1.165) is 81.9 Å². The number of benzene rings is 1. The van der Waals surface area contributed by atoms with Gasteiger partial charge in [-0.05, 0) is 83.1 Å². The number of unbranched alkanes of at least 4 members (excludes halogenated alkanes) is 5. The average Bonchev–Trinajstić information content (AvgIpc) is 2.83. The van der Waals surface area contributed by atoms with Crippen molar-refractivity contribution in [2.45, 2.75) is 90.9 Å². The minimum Gasteiger partial charge on any atom is -0.499 e. The van der Waals surface area contributed by atoms with E-state index in [0.29, 0.717) is 31.8 Å². The topological polar surface area (TPSA) is 48.0 Å². The number of likely N-dealkylation sites (tertiary alicyclic amines) is 1. The first-order valence-electron chi connectivity index (χ1n) is 13.8. The molecule has 35 heavy (non-hydrogen) atoms. The Kier molecular flexibility index (Phi) is 13.9. The fourth-order valence-corrected chi connectivity index (χ4v) is 4.85. The lowest BCUT2D eigenvalue weighted by Crippen LogP contribution is -2.39. The number of allylic oxidation sites excluding steroid dienone is 1. The van der Waals surface area contributed by atoms with Gasteiger partial charge in [0.05, 0.1) is 25.6 Å². The van der Waals surface area contributed by atoms with Crippen LogP contribution in [0.25, 0.3) is 0 Å². The lowest BCUT2D eigenvalue weighted by molar-refractivity contribution is -0.122.